The summed E-state index contributed by atoms with van der Waals surface area (Å²) in [5.74, 6) is 0.695. The summed E-state index contributed by atoms with van der Waals surface area (Å²) in [7, 11) is 1.59. The minimum absolute atomic E-state index is 0.0983. The van der Waals surface area contributed by atoms with Gasteiger partial charge in [0.05, 0.1) is 36.0 Å². The zero-order valence-corrected chi connectivity index (χ0v) is 16.0. The van der Waals surface area contributed by atoms with E-state index < -0.39 is 10.8 Å². The first-order chi connectivity index (χ1) is 14.5. The maximum Gasteiger partial charge on any atom is 0.286 e. The van der Waals surface area contributed by atoms with Crippen molar-refractivity contribution in [3.63, 3.8) is 0 Å². The van der Waals surface area contributed by atoms with Crippen molar-refractivity contribution in [3.8, 4) is 22.9 Å². The van der Waals surface area contributed by atoms with Gasteiger partial charge in [0.25, 0.3) is 11.6 Å². The summed E-state index contributed by atoms with van der Waals surface area (Å²) in [6, 6.07) is 11.6. The molecule has 0 radical (unpaired) electrons. The number of carbonyl (C=O) groups excluding carboxylic acids is 1. The van der Waals surface area contributed by atoms with Crippen LogP contribution in [0, 0.1) is 10.1 Å². The number of ether oxygens (including phenoxy) is 3. The molecule has 2 heterocycles. The van der Waals surface area contributed by atoms with E-state index in [9.17, 15) is 14.9 Å². The van der Waals surface area contributed by atoms with Crippen molar-refractivity contribution in [3.05, 3.63) is 70.0 Å². The normalized spacial score (nSPS) is 12.3. The summed E-state index contributed by atoms with van der Waals surface area (Å²) in [5, 5.41) is 18.5. The highest BCUT2D eigenvalue weighted by Gasteiger charge is 2.26. The molecule has 10 heteroatoms. The maximum atomic E-state index is 12.6. The standard InChI is InChI=1S/C20H18N4O6/c1-28-15-4-2-14(3-5-15)23-7-6-13(22-23)12-21-20(25)16-10-18-19(30-9-8-29-18)11-17(16)24(26)27/h2-7,10-11H,8-9,12H2,1H3,(H,21,25). The topological polar surface area (TPSA) is 118 Å². The molecule has 1 aromatic heterocycles. The molecule has 0 bridgehead atoms. The Morgan fingerprint density at radius 1 is 1.20 bits per heavy atom. The summed E-state index contributed by atoms with van der Waals surface area (Å²) in [6.45, 7) is 0.717. The van der Waals surface area contributed by atoms with Crippen molar-refractivity contribution < 1.29 is 23.9 Å². The summed E-state index contributed by atoms with van der Waals surface area (Å²) in [5.41, 5.74) is 0.981. The van der Waals surface area contributed by atoms with Crippen molar-refractivity contribution in [1.29, 1.82) is 0 Å². The average Bonchev–Trinajstić information content (AvgIpc) is 3.25. The molecule has 154 valence electrons. The van der Waals surface area contributed by atoms with Gasteiger partial charge in [-0.15, -0.1) is 0 Å². The van der Waals surface area contributed by atoms with Crippen LogP contribution in [0.2, 0.25) is 0 Å². The van der Waals surface area contributed by atoms with E-state index in [-0.39, 0.29) is 23.5 Å². The third-order valence-electron chi connectivity index (χ3n) is 4.51. The fourth-order valence-electron chi connectivity index (χ4n) is 3.01. The van der Waals surface area contributed by atoms with Crippen LogP contribution in [0.15, 0.2) is 48.7 Å². The number of aromatic nitrogens is 2. The fourth-order valence-corrected chi connectivity index (χ4v) is 3.01. The first-order valence-corrected chi connectivity index (χ1v) is 9.10. The van der Waals surface area contributed by atoms with E-state index in [1.807, 2.05) is 24.3 Å². The number of nitrogens with zero attached hydrogens (tertiary/aromatic N) is 3. The first-order valence-electron chi connectivity index (χ1n) is 9.10. The maximum absolute atomic E-state index is 12.6. The Hall–Kier alpha value is -4.08. The van der Waals surface area contributed by atoms with Gasteiger partial charge in [-0.1, -0.05) is 0 Å². The van der Waals surface area contributed by atoms with Crippen molar-refractivity contribution >= 4 is 11.6 Å². The van der Waals surface area contributed by atoms with Crippen LogP contribution < -0.4 is 19.5 Å². The molecular formula is C20H18N4O6. The molecule has 1 N–H and O–H groups in total. The number of benzene rings is 2. The van der Waals surface area contributed by atoms with Gasteiger partial charge in [-0.2, -0.15) is 5.10 Å². The Balaban J connectivity index is 1.48. The van der Waals surface area contributed by atoms with E-state index in [0.29, 0.717) is 24.7 Å². The Bertz CT molecular complexity index is 1090. The molecule has 10 nitrogen and oxygen atoms in total. The number of rotatable bonds is 6. The highest BCUT2D eigenvalue weighted by molar-refractivity contribution is 5.99. The van der Waals surface area contributed by atoms with Gasteiger partial charge < -0.3 is 19.5 Å². The number of carbonyl (C=O) groups is 1. The monoisotopic (exact) mass is 410 g/mol. The summed E-state index contributed by atoms with van der Waals surface area (Å²) >= 11 is 0. The number of nitro benzene ring substituents is 1. The van der Waals surface area contributed by atoms with Crippen LogP contribution in [-0.4, -0.2) is 40.9 Å². The Labute approximate surface area is 171 Å². The van der Waals surface area contributed by atoms with E-state index in [1.54, 1.807) is 24.1 Å². The van der Waals surface area contributed by atoms with E-state index in [2.05, 4.69) is 10.4 Å². The smallest absolute Gasteiger partial charge is 0.286 e. The molecule has 0 saturated heterocycles. The van der Waals surface area contributed by atoms with Crippen molar-refractivity contribution in [2.24, 2.45) is 0 Å². The van der Waals surface area contributed by atoms with Crippen molar-refractivity contribution in [2.75, 3.05) is 20.3 Å². The second-order valence-corrected chi connectivity index (χ2v) is 6.40. The lowest BCUT2D eigenvalue weighted by atomic mass is 10.1. The van der Waals surface area contributed by atoms with Crippen molar-refractivity contribution in [2.45, 2.75) is 6.54 Å². The molecule has 3 aromatic rings. The van der Waals surface area contributed by atoms with E-state index >= 15 is 0 Å². The summed E-state index contributed by atoms with van der Waals surface area (Å²) < 4.78 is 17.6. The third kappa shape index (κ3) is 3.88. The number of fused-ring (bicyclic) bond motifs is 1. The molecule has 0 unspecified atom stereocenters. The van der Waals surface area contributed by atoms with E-state index in [4.69, 9.17) is 14.2 Å². The number of hydrogen-bond donors (Lipinski definition) is 1. The molecule has 2 aromatic carbocycles. The van der Waals surface area contributed by atoms with Gasteiger partial charge in [-0.05, 0) is 30.3 Å². The van der Waals surface area contributed by atoms with Gasteiger partial charge in [0.15, 0.2) is 11.5 Å². The lowest BCUT2D eigenvalue weighted by molar-refractivity contribution is -0.385. The van der Waals surface area contributed by atoms with Gasteiger partial charge in [-0.3, -0.25) is 14.9 Å². The Morgan fingerprint density at radius 2 is 1.90 bits per heavy atom. The molecule has 1 amide bonds. The van der Waals surface area contributed by atoms with Gasteiger partial charge in [0.2, 0.25) is 0 Å². The van der Waals surface area contributed by atoms with Gasteiger partial charge >= 0.3 is 0 Å². The van der Waals surface area contributed by atoms with Crippen LogP contribution >= 0.6 is 0 Å². The van der Waals surface area contributed by atoms with Gasteiger partial charge in [0.1, 0.15) is 24.5 Å². The highest BCUT2D eigenvalue weighted by atomic mass is 16.6. The molecule has 0 aliphatic carbocycles. The number of amides is 1. The Kier molecular flexibility index (Phi) is 5.21. The fraction of sp³-hybridized carbons (Fsp3) is 0.200. The van der Waals surface area contributed by atoms with Crippen LogP contribution in [0.1, 0.15) is 16.1 Å². The van der Waals surface area contributed by atoms with E-state index in [0.717, 1.165) is 11.4 Å². The second-order valence-electron chi connectivity index (χ2n) is 6.40. The molecule has 0 atom stereocenters. The molecule has 0 spiro atoms. The molecule has 4 rings (SSSR count). The van der Waals surface area contributed by atoms with Gasteiger partial charge in [0, 0.05) is 12.3 Å². The molecule has 30 heavy (non-hydrogen) atoms. The largest absolute Gasteiger partial charge is 0.497 e. The molecule has 0 saturated carbocycles. The van der Waals surface area contributed by atoms with Crippen molar-refractivity contribution in [1.82, 2.24) is 15.1 Å². The minimum atomic E-state index is -0.619. The molecular weight excluding hydrogens is 392 g/mol. The average molecular weight is 410 g/mol. The van der Waals surface area contributed by atoms with Crippen LogP contribution in [0.3, 0.4) is 0 Å². The third-order valence-corrected chi connectivity index (χ3v) is 4.51. The van der Waals surface area contributed by atoms with Crippen LogP contribution in [0.5, 0.6) is 17.2 Å². The van der Waals surface area contributed by atoms with Crippen LogP contribution in [0.25, 0.3) is 5.69 Å². The number of nitro groups is 1. The molecule has 0 fully saturated rings. The summed E-state index contributed by atoms with van der Waals surface area (Å²) in [6.07, 6.45) is 1.76. The summed E-state index contributed by atoms with van der Waals surface area (Å²) in [4.78, 5) is 23.4. The zero-order valence-electron chi connectivity index (χ0n) is 16.0. The zero-order chi connectivity index (χ0) is 21.1. The number of methoxy groups -OCH3 is 1. The SMILES string of the molecule is COc1ccc(-n2ccc(CNC(=O)c3cc4c(cc3[N+](=O)[O-])OCCO4)n2)cc1. The number of nitrogens with one attached hydrogen (secondary N) is 1. The quantitative estimate of drug-likeness (QED) is 0.490. The minimum Gasteiger partial charge on any atom is -0.497 e. The lowest BCUT2D eigenvalue weighted by Gasteiger charge is -2.18. The second kappa shape index (κ2) is 8.11. The van der Waals surface area contributed by atoms with Gasteiger partial charge in [-0.25, -0.2) is 4.68 Å². The van der Waals surface area contributed by atoms with Crippen LogP contribution in [0.4, 0.5) is 5.69 Å². The molecule has 1 aliphatic heterocycles. The predicted octanol–water partition coefficient (Wildman–Crippen LogP) is 2.49. The predicted molar refractivity (Wildman–Crippen MR) is 105 cm³/mol. The first kappa shape index (κ1) is 19.2. The number of hydrogen-bond acceptors (Lipinski definition) is 7. The lowest BCUT2D eigenvalue weighted by Crippen LogP contribution is -2.25. The Morgan fingerprint density at radius 3 is 2.57 bits per heavy atom. The van der Waals surface area contributed by atoms with E-state index in [1.165, 1.54) is 12.1 Å². The highest BCUT2D eigenvalue weighted by Crippen LogP contribution is 2.36. The van der Waals surface area contributed by atoms with Crippen LogP contribution in [-0.2, 0) is 6.54 Å². The molecule has 1 aliphatic rings.